The molecule has 12 heavy (non-hydrogen) atoms. The predicted octanol–water partition coefficient (Wildman–Crippen LogP) is 4.34. The van der Waals surface area contributed by atoms with Gasteiger partial charge in [0, 0.05) is 0 Å². The van der Waals surface area contributed by atoms with Gasteiger partial charge < -0.3 is 0 Å². The van der Waals surface area contributed by atoms with Crippen LogP contribution in [0, 0.1) is 5.41 Å². The topological polar surface area (TPSA) is 0 Å². The first-order chi connectivity index (χ1) is 5.25. The van der Waals surface area contributed by atoms with Gasteiger partial charge in [0.15, 0.2) is 0 Å². The second kappa shape index (κ2) is 3.93. The van der Waals surface area contributed by atoms with Crippen LogP contribution < -0.4 is 0 Å². The van der Waals surface area contributed by atoms with Crippen molar-refractivity contribution >= 4 is 0 Å². The van der Waals surface area contributed by atoms with Gasteiger partial charge in [-0.05, 0) is 33.1 Å². The van der Waals surface area contributed by atoms with Crippen LogP contribution in [0.25, 0.3) is 0 Å². The van der Waals surface area contributed by atoms with Crippen molar-refractivity contribution in [1.82, 2.24) is 0 Å². The highest BCUT2D eigenvalue weighted by atomic mass is 14.2. The van der Waals surface area contributed by atoms with Gasteiger partial charge in [0.1, 0.15) is 0 Å². The summed E-state index contributed by atoms with van der Waals surface area (Å²) in [5.74, 6) is 0. The summed E-state index contributed by atoms with van der Waals surface area (Å²) in [4.78, 5) is 0. The Hall–Kier alpha value is -0.520. The Morgan fingerprint density at radius 1 is 0.917 bits per heavy atom. The van der Waals surface area contributed by atoms with E-state index in [1.165, 1.54) is 16.7 Å². The van der Waals surface area contributed by atoms with E-state index in [1.54, 1.807) is 0 Å². The zero-order valence-corrected chi connectivity index (χ0v) is 9.58. The van der Waals surface area contributed by atoms with Crippen molar-refractivity contribution in [1.29, 1.82) is 0 Å². The monoisotopic (exact) mass is 166 g/mol. The summed E-state index contributed by atoms with van der Waals surface area (Å²) in [6.45, 7) is 15.4. The van der Waals surface area contributed by atoms with E-state index in [9.17, 15) is 0 Å². The second-order valence-electron chi connectivity index (χ2n) is 4.78. The summed E-state index contributed by atoms with van der Waals surface area (Å²) in [6.07, 6.45) is 2.25. The maximum Gasteiger partial charge on any atom is -0.0170 e. The maximum atomic E-state index is 2.25. The van der Waals surface area contributed by atoms with Crippen LogP contribution in [-0.4, -0.2) is 0 Å². The molecule has 0 aliphatic carbocycles. The Morgan fingerprint density at radius 3 is 1.58 bits per heavy atom. The van der Waals surface area contributed by atoms with E-state index in [-0.39, 0.29) is 0 Å². The van der Waals surface area contributed by atoms with Gasteiger partial charge in [-0.1, -0.05) is 43.6 Å². The molecule has 0 atom stereocenters. The molecule has 0 heterocycles. The second-order valence-corrected chi connectivity index (χ2v) is 4.78. The molecule has 0 aromatic heterocycles. The Kier molecular flexibility index (Phi) is 3.76. The molecule has 0 fully saturated rings. The molecular formula is C12H22. The maximum absolute atomic E-state index is 2.25. The molecule has 0 aromatic rings. The first-order valence-corrected chi connectivity index (χ1v) is 4.58. The molecule has 0 amide bonds. The molecule has 0 bridgehead atoms. The zero-order valence-electron chi connectivity index (χ0n) is 9.58. The summed E-state index contributed by atoms with van der Waals surface area (Å²) in [7, 11) is 0. The molecule has 0 unspecified atom stereocenters. The minimum absolute atomic E-state index is 0.302. The Bertz CT molecular complexity index is 205. The van der Waals surface area contributed by atoms with E-state index in [4.69, 9.17) is 0 Å². The van der Waals surface area contributed by atoms with Gasteiger partial charge in [-0.15, -0.1) is 0 Å². The van der Waals surface area contributed by atoms with E-state index in [2.05, 4.69) is 54.5 Å². The van der Waals surface area contributed by atoms with Gasteiger partial charge in [0.25, 0.3) is 0 Å². The molecule has 0 saturated heterocycles. The number of allylic oxidation sites excluding steroid dienone is 4. The van der Waals surface area contributed by atoms with Gasteiger partial charge in [-0.2, -0.15) is 0 Å². The lowest BCUT2D eigenvalue weighted by Crippen LogP contribution is -2.07. The van der Waals surface area contributed by atoms with Crippen LogP contribution in [-0.2, 0) is 0 Å². The lowest BCUT2D eigenvalue weighted by atomic mass is 9.84. The Morgan fingerprint density at radius 2 is 1.33 bits per heavy atom. The summed E-state index contributed by atoms with van der Waals surface area (Å²) in [5, 5.41) is 0. The summed E-state index contributed by atoms with van der Waals surface area (Å²) in [5.41, 5.74) is 4.55. The highest BCUT2D eigenvalue weighted by molar-refractivity contribution is 5.27. The van der Waals surface area contributed by atoms with Crippen LogP contribution in [0.3, 0.4) is 0 Å². The molecule has 0 nitrogen and oxygen atoms in total. The third kappa shape index (κ3) is 3.75. The van der Waals surface area contributed by atoms with Gasteiger partial charge in [0.05, 0.1) is 0 Å². The van der Waals surface area contributed by atoms with Crippen LogP contribution in [0.4, 0.5) is 0 Å². The average Bonchev–Trinajstić information content (AvgIpc) is 1.82. The van der Waals surface area contributed by atoms with E-state index in [1.807, 2.05) is 0 Å². The highest BCUT2D eigenvalue weighted by Gasteiger charge is 2.13. The number of rotatable bonds is 1. The van der Waals surface area contributed by atoms with Crippen molar-refractivity contribution in [3.05, 3.63) is 22.8 Å². The van der Waals surface area contributed by atoms with Gasteiger partial charge in [-0.3, -0.25) is 0 Å². The van der Waals surface area contributed by atoms with E-state index in [0.717, 1.165) is 0 Å². The molecule has 0 radical (unpaired) electrons. The first kappa shape index (κ1) is 11.5. The Labute approximate surface area is 77.4 Å². The highest BCUT2D eigenvalue weighted by Crippen LogP contribution is 2.27. The fourth-order valence-electron chi connectivity index (χ4n) is 1.13. The fourth-order valence-corrected chi connectivity index (χ4v) is 1.13. The number of hydrogen-bond acceptors (Lipinski definition) is 0. The van der Waals surface area contributed by atoms with Crippen molar-refractivity contribution in [2.75, 3.05) is 0 Å². The van der Waals surface area contributed by atoms with E-state index < -0.39 is 0 Å². The third-order valence-corrected chi connectivity index (χ3v) is 2.22. The molecule has 0 rings (SSSR count). The first-order valence-electron chi connectivity index (χ1n) is 4.58. The lowest BCUT2D eigenvalue weighted by Gasteiger charge is -2.21. The quantitative estimate of drug-likeness (QED) is 0.508. The number of hydrogen-bond donors (Lipinski definition) is 0. The van der Waals surface area contributed by atoms with E-state index in [0.29, 0.717) is 5.41 Å². The van der Waals surface area contributed by atoms with Crippen LogP contribution in [0.5, 0.6) is 0 Å². The van der Waals surface area contributed by atoms with Crippen molar-refractivity contribution in [2.45, 2.75) is 48.5 Å². The summed E-state index contributed by atoms with van der Waals surface area (Å²) >= 11 is 0. The predicted molar refractivity (Wildman–Crippen MR) is 57.3 cm³/mol. The van der Waals surface area contributed by atoms with Crippen LogP contribution in [0.2, 0.25) is 0 Å². The fraction of sp³-hybridized carbons (Fsp3) is 0.667. The zero-order chi connectivity index (χ0) is 9.94. The normalized spacial score (nSPS) is 13.9. The molecule has 0 aliphatic heterocycles. The van der Waals surface area contributed by atoms with Gasteiger partial charge in [0.2, 0.25) is 0 Å². The SMILES string of the molecule is CC(C)=C/C(C)=C(\C)C(C)(C)C. The van der Waals surface area contributed by atoms with Crippen LogP contribution in [0.1, 0.15) is 48.5 Å². The molecule has 0 spiro atoms. The minimum atomic E-state index is 0.302. The molecule has 0 heteroatoms. The van der Waals surface area contributed by atoms with Crippen LogP contribution >= 0.6 is 0 Å². The lowest BCUT2D eigenvalue weighted by molar-refractivity contribution is 0.500. The minimum Gasteiger partial charge on any atom is -0.0762 e. The molecule has 0 aliphatic rings. The summed E-state index contributed by atoms with van der Waals surface area (Å²) < 4.78 is 0. The Balaban J connectivity index is 4.83. The van der Waals surface area contributed by atoms with E-state index >= 15 is 0 Å². The molecule has 70 valence electrons. The van der Waals surface area contributed by atoms with Crippen molar-refractivity contribution < 1.29 is 0 Å². The summed E-state index contributed by atoms with van der Waals surface area (Å²) in [6, 6.07) is 0. The molecule has 0 aromatic carbocycles. The van der Waals surface area contributed by atoms with Gasteiger partial charge in [-0.25, -0.2) is 0 Å². The molecular weight excluding hydrogens is 144 g/mol. The molecule has 0 N–H and O–H groups in total. The smallest absolute Gasteiger partial charge is 0.0170 e. The van der Waals surface area contributed by atoms with Crippen molar-refractivity contribution in [3.8, 4) is 0 Å². The molecule has 0 saturated carbocycles. The van der Waals surface area contributed by atoms with Crippen molar-refractivity contribution in [3.63, 3.8) is 0 Å². The van der Waals surface area contributed by atoms with Crippen LogP contribution in [0.15, 0.2) is 22.8 Å². The third-order valence-electron chi connectivity index (χ3n) is 2.22. The van der Waals surface area contributed by atoms with Crippen molar-refractivity contribution in [2.24, 2.45) is 5.41 Å². The standard InChI is InChI=1S/C12H22/c1-9(2)8-10(3)11(4)12(5,6)7/h8H,1-7H3/b11-10+. The average molecular weight is 166 g/mol. The largest absolute Gasteiger partial charge is 0.0762 e. The van der Waals surface area contributed by atoms with Gasteiger partial charge >= 0.3 is 0 Å².